The second kappa shape index (κ2) is 5.74. The van der Waals surface area contributed by atoms with Crippen LogP contribution in [0, 0.1) is 5.92 Å². The van der Waals surface area contributed by atoms with Crippen molar-refractivity contribution in [2.75, 3.05) is 32.2 Å². The second-order valence-corrected chi connectivity index (χ2v) is 5.96. The highest BCUT2D eigenvalue weighted by Crippen LogP contribution is 2.24. The van der Waals surface area contributed by atoms with E-state index in [4.69, 9.17) is 9.47 Å². The largest absolute Gasteiger partial charge is 0.477 e. The van der Waals surface area contributed by atoms with Gasteiger partial charge in [-0.05, 0) is 6.42 Å². The first-order chi connectivity index (χ1) is 8.99. The average Bonchev–Trinajstić information content (AvgIpc) is 2.88. The van der Waals surface area contributed by atoms with Crippen LogP contribution in [-0.4, -0.2) is 36.8 Å². The van der Waals surface area contributed by atoms with E-state index in [0.29, 0.717) is 18.4 Å². The Balaban J connectivity index is 2.10. The predicted octanol–water partition coefficient (Wildman–Crippen LogP) is 2.23. The molecule has 0 bridgehead atoms. The van der Waals surface area contributed by atoms with Crippen LogP contribution in [0.5, 0.6) is 5.88 Å². The second-order valence-electron chi connectivity index (χ2n) is 5.96. The highest BCUT2D eigenvalue weighted by atomic mass is 16.5. The molecular weight excluding hydrogens is 242 g/mol. The van der Waals surface area contributed by atoms with Crippen molar-refractivity contribution in [1.29, 1.82) is 0 Å². The highest BCUT2D eigenvalue weighted by Gasteiger charge is 2.21. The SMILES string of the molecule is CNc1cc(OCC2CCOC2)nc(C(C)(C)C)n1. The molecule has 1 aromatic rings. The Kier molecular flexibility index (Phi) is 4.24. The van der Waals surface area contributed by atoms with E-state index in [1.165, 1.54) is 0 Å². The number of hydrogen-bond donors (Lipinski definition) is 1. The summed E-state index contributed by atoms with van der Waals surface area (Å²) in [5.74, 6) is 2.69. The molecule has 1 atom stereocenters. The molecular formula is C14H23N3O2. The summed E-state index contributed by atoms with van der Waals surface area (Å²) in [6.07, 6.45) is 1.07. The van der Waals surface area contributed by atoms with Crippen LogP contribution < -0.4 is 10.1 Å². The van der Waals surface area contributed by atoms with Crippen LogP contribution in [0.25, 0.3) is 0 Å². The third kappa shape index (κ3) is 3.80. The smallest absolute Gasteiger partial charge is 0.218 e. The van der Waals surface area contributed by atoms with E-state index in [9.17, 15) is 0 Å². The normalized spacial score (nSPS) is 19.5. The van der Waals surface area contributed by atoms with Crippen molar-refractivity contribution in [3.63, 3.8) is 0 Å². The molecule has 1 aliphatic heterocycles. The molecule has 0 saturated carbocycles. The monoisotopic (exact) mass is 265 g/mol. The maximum atomic E-state index is 5.80. The molecule has 1 aliphatic rings. The molecule has 106 valence electrons. The summed E-state index contributed by atoms with van der Waals surface area (Å²) in [5, 5.41) is 3.05. The van der Waals surface area contributed by atoms with Gasteiger partial charge >= 0.3 is 0 Å². The van der Waals surface area contributed by atoms with Crippen molar-refractivity contribution in [2.45, 2.75) is 32.6 Å². The molecule has 2 heterocycles. The zero-order valence-corrected chi connectivity index (χ0v) is 12.2. The lowest BCUT2D eigenvalue weighted by atomic mass is 9.96. The topological polar surface area (TPSA) is 56.3 Å². The van der Waals surface area contributed by atoms with Gasteiger partial charge in [-0.2, -0.15) is 4.98 Å². The van der Waals surface area contributed by atoms with E-state index >= 15 is 0 Å². The minimum atomic E-state index is -0.0958. The number of ether oxygens (including phenoxy) is 2. The van der Waals surface area contributed by atoms with Crippen LogP contribution >= 0.6 is 0 Å². The van der Waals surface area contributed by atoms with Crippen LogP contribution in [0.2, 0.25) is 0 Å². The van der Waals surface area contributed by atoms with Crippen LogP contribution in [0.3, 0.4) is 0 Å². The van der Waals surface area contributed by atoms with Crippen molar-refractivity contribution in [2.24, 2.45) is 5.92 Å². The molecule has 5 nitrogen and oxygen atoms in total. The van der Waals surface area contributed by atoms with Gasteiger partial charge in [-0.15, -0.1) is 0 Å². The number of anilines is 1. The van der Waals surface area contributed by atoms with Crippen LogP contribution in [0.4, 0.5) is 5.82 Å². The van der Waals surface area contributed by atoms with Gasteiger partial charge in [-0.3, -0.25) is 0 Å². The highest BCUT2D eigenvalue weighted by molar-refractivity contribution is 5.38. The van der Waals surface area contributed by atoms with Gasteiger partial charge in [0.2, 0.25) is 5.88 Å². The number of nitrogens with zero attached hydrogens (tertiary/aromatic N) is 2. The van der Waals surface area contributed by atoms with E-state index in [1.807, 2.05) is 13.1 Å². The van der Waals surface area contributed by atoms with Gasteiger partial charge in [-0.25, -0.2) is 4.98 Å². The molecule has 1 saturated heterocycles. The lowest BCUT2D eigenvalue weighted by Crippen LogP contribution is -2.19. The fourth-order valence-electron chi connectivity index (χ4n) is 1.88. The molecule has 0 radical (unpaired) electrons. The van der Waals surface area contributed by atoms with Gasteiger partial charge in [-0.1, -0.05) is 20.8 Å². The molecule has 19 heavy (non-hydrogen) atoms. The molecule has 1 fully saturated rings. The number of aromatic nitrogens is 2. The fraction of sp³-hybridized carbons (Fsp3) is 0.714. The molecule has 0 amide bonds. The first kappa shape index (κ1) is 14.1. The van der Waals surface area contributed by atoms with Crippen molar-refractivity contribution >= 4 is 5.82 Å². The van der Waals surface area contributed by atoms with E-state index in [1.54, 1.807) is 0 Å². The molecule has 2 rings (SSSR count). The Morgan fingerprint density at radius 1 is 1.42 bits per heavy atom. The molecule has 1 unspecified atom stereocenters. The predicted molar refractivity (Wildman–Crippen MR) is 74.7 cm³/mol. The van der Waals surface area contributed by atoms with E-state index in [-0.39, 0.29) is 5.41 Å². The summed E-state index contributed by atoms with van der Waals surface area (Å²) in [7, 11) is 1.85. The number of hydrogen-bond acceptors (Lipinski definition) is 5. The van der Waals surface area contributed by atoms with Gasteiger partial charge in [0.15, 0.2) is 0 Å². The fourth-order valence-corrected chi connectivity index (χ4v) is 1.88. The van der Waals surface area contributed by atoms with Gasteiger partial charge in [0.1, 0.15) is 11.6 Å². The summed E-state index contributed by atoms with van der Waals surface area (Å²) in [6, 6.07) is 1.84. The third-order valence-corrected chi connectivity index (χ3v) is 3.12. The third-order valence-electron chi connectivity index (χ3n) is 3.12. The Bertz CT molecular complexity index is 423. The minimum absolute atomic E-state index is 0.0958. The van der Waals surface area contributed by atoms with Gasteiger partial charge in [0.25, 0.3) is 0 Å². The first-order valence-corrected chi connectivity index (χ1v) is 6.77. The van der Waals surface area contributed by atoms with Gasteiger partial charge in [0.05, 0.1) is 13.2 Å². The van der Waals surface area contributed by atoms with Gasteiger partial charge in [0, 0.05) is 31.1 Å². The van der Waals surface area contributed by atoms with Gasteiger partial charge < -0.3 is 14.8 Å². The molecule has 1 aromatic heterocycles. The summed E-state index contributed by atoms with van der Waals surface area (Å²) in [6.45, 7) is 8.57. The van der Waals surface area contributed by atoms with E-state index in [2.05, 4.69) is 36.1 Å². The molecule has 1 N–H and O–H groups in total. The van der Waals surface area contributed by atoms with Crippen LogP contribution in [0.1, 0.15) is 33.0 Å². The van der Waals surface area contributed by atoms with Crippen LogP contribution in [-0.2, 0) is 10.2 Å². The van der Waals surface area contributed by atoms with E-state index < -0.39 is 0 Å². The standard InChI is InChI=1S/C14H23N3O2/c1-14(2,3)13-16-11(15-4)7-12(17-13)19-9-10-5-6-18-8-10/h7,10H,5-6,8-9H2,1-4H3,(H,15,16,17). The Morgan fingerprint density at radius 3 is 2.79 bits per heavy atom. The van der Waals surface area contributed by atoms with Crippen molar-refractivity contribution in [1.82, 2.24) is 9.97 Å². The number of rotatable bonds is 4. The summed E-state index contributed by atoms with van der Waals surface area (Å²) in [4.78, 5) is 8.98. The molecule has 0 spiro atoms. The lowest BCUT2D eigenvalue weighted by Gasteiger charge is -2.19. The van der Waals surface area contributed by atoms with Crippen molar-refractivity contribution in [3.8, 4) is 5.88 Å². The molecule has 5 heteroatoms. The Morgan fingerprint density at radius 2 is 2.21 bits per heavy atom. The zero-order valence-electron chi connectivity index (χ0n) is 12.2. The Hall–Kier alpha value is -1.36. The maximum Gasteiger partial charge on any atom is 0.218 e. The van der Waals surface area contributed by atoms with Crippen LogP contribution in [0.15, 0.2) is 6.07 Å². The average molecular weight is 265 g/mol. The first-order valence-electron chi connectivity index (χ1n) is 6.77. The van der Waals surface area contributed by atoms with E-state index in [0.717, 1.165) is 31.3 Å². The molecule has 0 aliphatic carbocycles. The van der Waals surface area contributed by atoms with Crippen molar-refractivity contribution in [3.05, 3.63) is 11.9 Å². The minimum Gasteiger partial charge on any atom is -0.477 e. The lowest BCUT2D eigenvalue weighted by molar-refractivity contribution is 0.165. The zero-order chi connectivity index (χ0) is 13.9. The quantitative estimate of drug-likeness (QED) is 0.904. The summed E-state index contributed by atoms with van der Waals surface area (Å²) < 4.78 is 11.1. The molecule has 0 aromatic carbocycles. The van der Waals surface area contributed by atoms with Crippen molar-refractivity contribution < 1.29 is 9.47 Å². The summed E-state index contributed by atoms with van der Waals surface area (Å²) in [5.41, 5.74) is -0.0958. The summed E-state index contributed by atoms with van der Waals surface area (Å²) >= 11 is 0. The Labute approximate surface area is 114 Å². The number of nitrogens with one attached hydrogen (secondary N) is 1. The maximum absolute atomic E-state index is 5.80.